The van der Waals surface area contributed by atoms with E-state index in [2.05, 4.69) is 67.7 Å². The maximum Gasteiger partial charge on any atom is 0.261 e. The second kappa shape index (κ2) is 15.7. The highest BCUT2D eigenvalue weighted by Crippen LogP contribution is 2.44. The average Bonchev–Trinajstić information content (AvgIpc) is 3.81. The molecule has 0 saturated heterocycles. The van der Waals surface area contributed by atoms with Crippen LogP contribution in [-0.4, -0.2) is 39.7 Å². The molecule has 10 heteroatoms. The molecule has 0 bridgehead atoms. The topological polar surface area (TPSA) is 86.4 Å². The van der Waals surface area contributed by atoms with Crippen LogP contribution in [0, 0.1) is 0 Å². The summed E-state index contributed by atoms with van der Waals surface area (Å²) in [5, 5.41) is -0.214. The average molecular weight is 807 g/mol. The smallest absolute Gasteiger partial charge is 0.261 e. The van der Waals surface area contributed by atoms with E-state index in [0.717, 1.165) is 33.4 Å². The van der Waals surface area contributed by atoms with E-state index in [0.29, 0.717) is 23.1 Å². The van der Waals surface area contributed by atoms with Crippen LogP contribution in [0.2, 0.25) is 36.3 Å². The Balaban J connectivity index is 1.38. The van der Waals surface area contributed by atoms with Crippen molar-refractivity contribution in [3.05, 3.63) is 179 Å². The summed E-state index contributed by atoms with van der Waals surface area (Å²) >= 11 is 0. The number of rotatable bonds is 12. The monoisotopic (exact) mass is 806 g/mol. The second-order valence-electron chi connectivity index (χ2n) is 18.0. The molecule has 2 unspecified atom stereocenters. The molecule has 8 nitrogen and oxygen atoms in total. The number of benzene rings is 5. The molecule has 0 aromatic heterocycles. The van der Waals surface area contributed by atoms with Crippen LogP contribution in [0.4, 0.5) is 0 Å². The first-order valence-corrected chi connectivity index (χ1v) is 25.7. The van der Waals surface area contributed by atoms with Gasteiger partial charge in [-0.25, -0.2) is 29.7 Å². The Bertz CT molecular complexity index is 2200. The van der Waals surface area contributed by atoms with Crippen LogP contribution >= 0.6 is 0 Å². The summed E-state index contributed by atoms with van der Waals surface area (Å²) in [7, 11) is -4.83. The summed E-state index contributed by atoms with van der Waals surface area (Å²) in [6.07, 6.45) is 0. The van der Waals surface area contributed by atoms with Crippen molar-refractivity contribution in [3.8, 4) is 0 Å². The van der Waals surface area contributed by atoms with Crippen molar-refractivity contribution in [1.82, 2.24) is 0 Å². The maximum absolute atomic E-state index is 6.70. The summed E-state index contributed by atoms with van der Waals surface area (Å²) in [6, 6.07) is 48.1. The third-order valence-electron chi connectivity index (χ3n) is 11.8. The Labute approximate surface area is 345 Å². The minimum Gasteiger partial charge on any atom is -0.283 e. The van der Waals surface area contributed by atoms with Gasteiger partial charge in [0.1, 0.15) is 11.4 Å². The third kappa shape index (κ3) is 7.92. The van der Waals surface area contributed by atoms with Gasteiger partial charge in [0, 0.05) is 33.4 Å². The predicted octanol–water partition coefficient (Wildman–Crippen LogP) is 11.8. The highest BCUT2D eigenvalue weighted by molar-refractivity contribution is 6.74. The zero-order valence-corrected chi connectivity index (χ0v) is 37.3. The molecule has 298 valence electrons. The van der Waals surface area contributed by atoms with Gasteiger partial charge in [0.25, 0.3) is 11.4 Å². The van der Waals surface area contributed by atoms with Crippen molar-refractivity contribution in [2.45, 2.75) is 89.3 Å². The van der Waals surface area contributed by atoms with Crippen molar-refractivity contribution in [2.75, 3.05) is 0 Å². The van der Waals surface area contributed by atoms with Gasteiger partial charge in [-0.2, -0.15) is 0 Å². The van der Waals surface area contributed by atoms with Crippen molar-refractivity contribution in [1.29, 1.82) is 0 Å². The SMILES string of the molecule is CC(C)(C)[Si](C)(C)OOC1(c2ccccc2)N=C(c2cccc(C3=NC(OO[Si](C)(C)C(C)(C)C)(c4ccccc4)C(c4ccccc4)=N3)c2)N=C1c1ccccc1. The molecule has 0 radical (unpaired) electrons. The molecule has 2 atom stereocenters. The predicted molar refractivity (Wildman–Crippen MR) is 240 cm³/mol. The largest absolute Gasteiger partial charge is 0.283 e. The van der Waals surface area contributed by atoms with Crippen molar-refractivity contribution >= 4 is 39.7 Å². The van der Waals surface area contributed by atoms with Crippen LogP contribution in [0.3, 0.4) is 0 Å². The van der Waals surface area contributed by atoms with Crippen LogP contribution in [0.1, 0.15) is 74.9 Å². The maximum atomic E-state index is 6.70. The highest BCUT2D eigenvalue weighted by Gasteiger charge is 2.51. The zero-order chi connectivity index (χ0) is 41.4. The minimum absolute atomic E-state index is 0.107. The van der Waals surface area contributed by atoms with Gasteiger partial charge in [-0.3, -0.25) is 9.15 Å². The molecule has 2 aliphatic heterocycles. The van der Waals surface area contributed by atoms with E-state index in [-0.39, 0.29) is 10.1 Å². The van der Waals surface area contributed by atoms with Crippen molar-refractivity contribution < 1.29 is 18.9 Å². The molecule has 0 amide bonds. The number of amidine groups is 2. The van der Waals surface area contributed by atoms with Crippen LogP contribution < -0.4 is 0 Å². The lowest BCUT2D eigenvalue weighted by Crippen LogP contribution is -2.45. The molecule has 5 aromatic rings. The van der Waals surface area contributed by atoms with E-state index in [1.54, 1.807) is 0 Å². The number of hydrogen-bond donors (Lipinski definition) is 0. The van der Waals surface area contributed by atoms with E-state index in [1.165, 1.54) is 0 Å². The van der Waals surface area contributed by atoms with Gasteiger partial charge in [0.15, 0.2) is 11.7 Å². The molecule has 0 spiro atoms. The molecule has 5 aromatic carbocycles. The van der Waals surface area contributed by atoms with Gasteiger partial charge in [-0.05, 0) is 42.3 Å². The molecule has 2 heterocycles. The number of hydrogen-bond acceptors (Lipinski definition) is 8. The van der Waals surface area contributed by atoms with Gasteiger partial charge in [0.2, 0.25) is 16.6 Å². The number of aliphatic imine (C=N–C) groups is 4. The van der Waals surface area contributed by atoms with Gasteiger partial charge >= 0.3 is 0 Å². The van der Waals surface area contributed by atoms with Crippen LogP contribution in [0.25, 0.3) is 0 Å². The van der Waals surface area contributed by atoms with E-state index < -0.39 is 28.1 Å². The fourth-order valence-electron chi connectivity index (χ4n) is 6.11. The molecule has 2 aliphatic rings. The van der Waals surface area contributed by atoms with Gasteiger partial charge in [-0.15, -0.1) is 0 Å². The van der Waals surface area contributed by atoms with Crippen LogP contribution in [0.15, 0.2) is 166 Å². The van der Waals surface area contributed by atoms with E-state index in [4.69, 9.17) is 38.9 Å². The Morgan fingerprint density at radius 1 is 0.414 bits per heavy atom. The van der Waals surface area contributed by atoms with E-state index >= 15 is 0 Å². The second-order valence-corrected chi connectivity index (χ2v) is 27.4. The van der Waals surface area contributed by atoms with Crippen molar-refractivity contribution in [2.24, 2.45) is 20.0 Å². The summed E-state index contributed by atoms with van der Waals surface area (Å²) in [4.78, 5) is 34.7. The Kier molecular flexibility index (Phi) is 11.1. The van der Waals surface area contributed by atoms with Gasteiger partial charge in [0.05, 0.1) is 0 Å². The Morgan fingerprint density at radius 2 is 0.724 bits per heavy atom. The molecule has 7 rings (SSSR count). The summed E-state index contributed by atoms with van der Waals surface area (Å²) < 4.78 is 13.1. The fourth-order valence-corrected chi connectivity index (χ4v) is 7.27. The Hall–Kier alpha value is -4.95. The van der Waals surface area contributed by atoms with Crippen LogP contribution in [0.5, 0.6) is 0 Å². The molecule has 0 fully saturated rings. The highest BCUT2D eigenvalue weighted by atomic mass is 28.4. The summed E-state index contributed by atoms with van der Waals surface area (Å²) in [5.41, 5.74) is 3.46. The first kappa shape index (κ1) is 41.2. The third-order valence-corrected chi connectivity index (χ3v) is 20.0. The number of nitrogens with zero attached hydrogens (tertiary/aromatic N) is 4. The zero-order valence-electron chi connectivity index (χ0n) is 35.3. The van der Waals surface area contributed by atoms with Crippen LogP contribution in [-0.2, 0) is 30.4 Å². The molecular formula is C48H54N4O4Si2. The minimum atomic E-state index is -2.41. The first-order valence-electron chi connectivity index (χ1n) is 19.9. The molecule has 0 aliphatic carbocycles. The first-order chi connectivity index (χ1) is 27.5. The quantitative estimate of drug-likeness (QED) is 0.0714. The molecule has 0 saturated carbocycles. The standard InChI is InChI=1S/C48H54N4O4Si2/c1-45(2,3)57(7,8)55-53-47(39-30-19-13-20-31-39)41(35-24-15-11-16-25-35)49-43(51-47)37-28-23-29-38(34-37)44-50-42(36-26-17-12-18-27-36)48(52-44,40-32-21-14-22-33-40)54-56-58(9,10)46(4,5)6/h11-34H,1-10H3. The van der Waals surface area contributed by atoms with Gasteiger partial charge < -0.3 is 0 Å². The molecule has 0 N–H and O–H groups in total. The lowest BCUT2D eigenvalue weighted by molar-refractivity contribution is -0.282. The normalized spacial score (nSPS) is 20.0. The fraction of sp³-hybridized carbons (Fsp3) is 0.292. The Morgan fingerprint density at radius 3 is 1.05 bits per heavy atom. The van der Waals surface area contributed by atoms with Gasteiger partial charge in [-0.1, -0.05) is 181 Å². The van der Waals surface area contributed by atoms with E-state index in [1.807, 2.05) is 146 Å². The lowest BCUT2D eigenvalue weighted by atomic mass is 9.93. The summed E-state index contributed by atoms with van der Waals surface area (Å²) in [5.74, 6) is 1.00. The van der Waals surface area contributed by atoms with Crippen molar-refractivity contribution in [3.63, 3.8) is 0 Å². The lowest BCUT2D eigenvalue weighted by Gasteiger charge is -2.38. The summed E-state index contributed by atoms with van der Waals surface area (Å²) in [6.45, 7) is 21.8. The molecule has 58 heavy (non-hydrogen) atoms. The van der Waals surface area contributed by atoms with E-state index in [9.17, 15) is 0 Å². The molecular weight excluding hydrogens is 753 g/mol.